The Balaban J connectivity index is 0.00000242. The zero-order valence-corrected chi connectivity index (χ0v) is 15.7. The van der Waals surface area contributed by atoms with Crippen molar-refractivity contribution in [2.45, 2.75) is 20.4 Å². The lowest BCUT2D eigenvalue weighted by molar-refractivity contribution is 0.122. The Labute approximate surface area is 150 Å². The SMILES string of the molecule is CC(C)CNC(N)=NCc1ccc(N2CCOCC2)cc1.I. The minimum atomic E-state index is 0. The van der Waals surface area contributed by atoms with E-state index in [0.717, 1.165) is 32.8 Å². The number of nitrogens with two attached hydrogens (primary N) is 1. The van der Waals surface area contributed by atoms with Gasteiger partial charge in [-0.15, -0.1) is 24.0 Å². The molecule has 2 rings (SSSR count). The minimum absolute atomic E-state index is 0. The Bertz CT molecular complexity index is 456. The second-order valence-corrected chi connectivity index (χ2v) is 5.74. The lowest BCUT2D eigenvalue weighted by Crippen LogP contribution is -2.36. The fourth-order valence-corrected chi connectivity index (χ4v) is 2.17. The van der Waals surface area contributed by atoms with Crippen molar-refractivity contribution in [3.8, 4) is 0 Å². The van der Waals surface area contributed by atoms with Gasteiger partial charge in [0.1, 0.15) is 0 Å². The fourth-order valence-electron chi connectivity index (χ4n) is 2.17. The first-order chi connectivity index (χ1) is 10.1. The number of aliphatic imine (C=N–C) groups is 1. The van der Waals surface area contributed by atoms with E-state index in [0.29, 0.717) is 18.4 Å². The molecule has 1 aliphatic rings. The van der Waals surface area contributed by atoms with E-state index in [1.807, 2.05) is 0 Å². The summed E-state index contributed by atoms with van der Waals surface area (Å²) in [6.07, 6.45) is 0. The number of ether oxygens (including phenoxy) is 1. The maximum atomic E-state index is 5.83. The van der Waals surface area contributed by atoms with Crippen LogP contribution in [-0.2, 0) is 11.3 Å². The van der Waals surface area contributed by atoms with E-state index in [1.54, 1.807) is 0 Å². The highest BCUT2D eigenvalue weighted by Crippen LogP contribution is 2.16. The lowest BCUT2D eigenvalue weighted by atomic mass is 10.2. The molecule has 0 unspecified atom stereocenters. The summed E-state index contributed by atoms with van der Waals surface area (Å²) < 4.78 is 5.37. The van der Waals surface area contributed by atoms with Crippen molar-refractivity contribution in [2.24, 2.45) is 16.6 Å². The number of nitrogens with zero attached hydrogens (tertiary/aromatic N) is 2. The molecule has 1 aromatic carbocycles. The molecule has 0 aromatic heterocycles. The average Bonchev–Trinajstić information content (AvgIpc) is 2.52. The molecule has 5 nitrogen and oxygen atoms in total. The average molecular weight is 418 g/mol. The van der Waals surface area contributed by atoms with Gasteiger partial charge in [-0.25, -0.2) is 4.99 Å². The third kappa shape index (κ3) is 6.39. The highest BCUT2D eigenvalue weighted by atomic mass is 127. The van der Waals surface area contributed by atoms with E-state index in [4.69, 9.17) is 10.5 Å². The minimum Gasteiger partial charge on any atom is -0.378 e. The first kappa shape index (κ1) is 19.0. The van der Waals surface area contributed by atoms with E-state index in [9.17, 15) is 0 Å². The summed E-state index contributed by atoms with van der Waals surface area (Å²) in [5.41, 5.74) is 8.25. The molecular weight excluding hydrogens is 391 g/mol. The molecule has 124 valence electrons. The van der Waals surface area contributed by atoms with Crippen molar-refractivity contribution in [3.63, 3.8) is 0 Å². The van der Waals surface area contributed by atoms with Gasteiger partial charge in [0.15, 0.2) is 5.96 Å². The summed E-state index contributed by atoms with van der Waals surface area (Å²) in [5.74, 6) is 1.08. The molecule has 3 N–H and O–H groups in total. The van der Waals surface area contributed by atoms with Crippen LogP contribution in [0.1, 0.15) is 19.4 Å². The van der Waals surface area contributed by atoms with Gasteiger partial charge in [-0.1, -0.05) is 26.0 Å². The third-order valence-electron chi connectivity index (χ3n) is 3.44. The largest absolute Gasteiger partial charge is 0.378 e. The summed E-state index contributed by atoms with van der Waals surface area (Å²) in [7, 11) is 0. The molecule has 0 spiro atoms. The van der Waals surface area contributed by atoms with Gasteiger partial charge in [-0.3, -0.25) is 0 Å². The van der Waals surface area contributed by atoms with Crippen LogP contribution in [0.15, 0.2) is 29.3 Å². The number of nitrogens with one attached hydrogen (secondary N) is 1. The van der Waals surface area contributed by atoms with Crippen LogP contribution in [-0.4, -0.2) is 38.8 Å². The zero-order chi connectivity index (χ0) is 15.1. The number of hydrogen-bond donors (Lipinski definition) is 2. The molecule has 6 heteroatoms. The molecule has 1 aromatic rings. The van der Waals surface area contributed by atoms with E-state index >= 15 is 0 Å². The molecule has 0 amide bonds. The van der Waals surface area contributed by atoms with Crippen LogP contribution in [0.2, 0.25) is 0 Å². The van der Waals surface area contributed by atoms with E-state index in [-0.39, 0.29) is 24.0 Å². The second kappa shape index (κ2) is 9.89. The highest BCUT2D eigenvalue weighted by Gasteiger charge is 2.10. The van der Waals surface area contributed by atoms with Crippen LogP contribution in [0.4, 0.5) is 5.69 Å². The van der Waals surface area contributed by atoms with Gasteiger partial charge in [-0.05, 0) is 23.6 Å². The summed E-state index contributed by atoms with van der Waals surface area (Å²) in [6.45, 7) is 9.29. The van der Waals surface area contributed by atoms with Crippen LogP contribution in [0, 0.1) is 5.92 Å². The van der Waals surface area contributed by atoms with E-state index < -0.39 is 0 Å². The molecule has 1 saturated heterocycles. The van der Waals surface area contributed by atoms with E-state index in [2.05, 4.69) is 53.3 Å². The van der Waals surface area contributed by atoms with Gasteiger partial charge in [0.25, 0.3) is 0 Å². The van der Waals surface area contributed by atoms with Crippen molar-refractivity contribution in [2.75, 3.05) is 37.7 Å². The van der Waals surface area contributed by atoms with Gasteiger partial charge < -0.3 is 20.7 Å². The third-order valence-corrected chi connectivity index (χ3v) is 3.44. The predicted molar refractivity (Wildman–Crippen MR) is 103 cm³/mol. The molecule has 0 saturated carbocycles. The number of benzene rings is 1. The standard InChI is InChI=1S/C16H26N4O.HI/c1-13(2)11-18-16(17)19-12-14-3-5-15(6-4-14)20-7-9-21-10-8-20;/h3-6,13H,7-12H2,1-2H3,(H3,17,18,19);1H. The predicted octanol–water partition coefficient (Wildman–Crippen LogP) is 2.20. The molecule has 1 heterocycles. The summed E-state index contributed by atoms with van der Waals surface area (Å²) >= 11 is 0. The van der Waals surface area contributed by atoms with Crippen LogP contribution in [0.25, 0.3) is 0 Å². The molecule has 0 atom stereocenters. The van der Waals surface area contributed by atoms with Crippen LogP contribution in [0.5, 0.6) is 0 Å². The Kier molecular flexibility index (Phi) is 8.55. The van der Waals surface area contributed by atoms with Crippen LogP contribution < -0.4 is 16.0 Å². The van der Waals surface area contributed by atoms with Gasteiger partial charge in [-0.2, -0.15) is 0 Å². The monoisotopic (exact) mass is 418 g/mol. The fraction of sp³-hybridized carbons (Fsp3) is 0.562. The number of anilines is 1. The molecule has 0 bridgehead atoms. The zero-order valence-electron chi connectivity index (χ0n) is 13.4. The second-order valence-electron chi connectivity index (χ2n) is 5.74. The Morgan fingerprint density at radius 3 is 2.50 bits per heavy atom. The number of hydrogen-bond acceptors (Lipinski definition) is 3. The number of guanidine groups is 1. The molecule has 0 aliphatic carbocycles. The summed E-state index contributed by atoms with van der Waals surface area (Å²) in [4.78, 5) is 6.70. The molecule has 1 aliphatic heterocycles. The summed E-state index contributed by atoms with van der Waals surface area (Å²) in [6, 6.07) is 8.52. The quantitative estimate of drug-likeness (QED) is 0.437. The number of rotatable bonds is 5. The lowest BCUT2D eigenvalue weighted by Gasteiger charge is -2.28. The van der Waals surface area contributed by atoms with Crippen molar-refractivity contribution >= 4 is 35.6 Å². The van der Waals surface area contributed by atoms with Gasteiger partial charge in [0.05, 0.1) is 19.8 Å². The number of halogens is 1. The maximum absolute atomic E-state index is 5.83. The van der Waals surface area contributed by atoms with Gasteiger partial charge >= 0.3 is 0 Å². The molecule has 22 heavy (non-hydrogen) atoms. The Morgan fingerprint density at radius 2 is 1.91 bits per heavy atom. The van der Waals surface area contributed by atoms with Crippen molar-refractivity contribution in [1.29, 1.82) is 0 Å². The van der Waals surface area contributed by atoms with Crippen molar-refractivity contribution in [1.82, 2.24) is 5.32 Å². The smallest absolute Gasteiger partial charge is 0.188 e. The highest BCUT2D eigenvalue weighted by molar-refractivity contribution is 14.0. The normalized spacial score (nSPS) is 15.6. The Hall–Kier alpha value is -1.02. The van der Waals surface area contributed by atoms with Crippen LogP contribution in [0.3, 0.4) is 0 Å². The topological polar surface area (TPSA) is 62.9 Å². The van der Waals surface area contributed by atoms with Crippen LogP contribution >= 0.6 is 24.0 Å². The summed E-state index contributed by atoms with van der Waals surface area (Å²) in [5, 5.41) is 3.12. The van der Waals surface area contributed by atoms with Crippen molar-refractivity contribution < 1.29 is 4.74 Å². The molecule has 1 fully saturated rings. The first-order valence-corrected chi connectivity index (χ1v) is 7.60. The molecule has 0 radical (unpaired) electrons. The van der Waals surface area contributed by atoms with Gasteiger partial charge in [0, 0.05) is 25.3 Å². The molecular formula is C16H27IN4O. The number of morpholine rings is 1. The first-order valence-electron chi connectivity index (χ1n) is 7.60. The van der Waals surface area contributed by atoms with E-state index in [1.165, 1.54) is 11.3 Å². The maximum Gasteiger partial charge on any atom is 0.188 e. The van der Waals surface area contributed by atoms with Gasteiger partial charge in [0.2, 0.25) is 0 Å². The van der Waals surface area contributed by atoms with Crippen molar-refractivity contribution in [3.05, 3.63) is 29.8 Å². The Morgan fingerprint density at radius 1 is 1.27 bits per heavy atom.